The van der Waals surface area contributed by atoms with Crippen LogP contribution < -0.4 is 9.64 Å². The highest BCUT2D eigenvalue weighted by Crippen LogP contribution is 2.40. The summed E-state index contributed by atoms with van der Waals surface area (Å²) in [6.45, 7) is 4.72. The number of piperazine rings is 1. The Kier molecular flexibility index (Phi) is 3.89. The van der Waals surface area contributed by atoms with Crippen molar-refractivity contribution in [2.24, 2.45) is 4.99 Å². The van der Waals surface area contributed by atoms with Gasteiger partial charge in [0.2, 0.25) is 5.91 Å². The van der Waals surface area contributed by atoms with Gasteiger partial charge in [-0.3, -0.25) is 9.79 Å². The van der Waals surface area contributed by atoms with E-state index in [1.165, 1.54) is 5.56 Å². The lowest BCUT2D eigenvalue weighted by molar-refractivity contribution is -0.129. The second kappa shape index (κ2) is 6.33. The molecule has 6 heteroatoms. The van der Waals surface area contributed by atoms with Gasteiger partial charge < -0.3 is 14.5 Å². The van der Waals surface area contributed by atoms with Crippen molar-refractivity contribution in [3.05, 3.63) is 53.2 Å². The predicted octanol–water partition coefficient (Wildman–Crippen LogP) is 2.64. The number of anilines is 1. The molecule has 1 aromatic carbocycles. The number of benzene rings is 1. The highest BCUT2D eigenvalue weighted by Gasteiger charge is 2.40. The quantitative estimate of drug-likeness (QED) is 0.823. The van der Waals surface area contributed by atoms with Gasteiger partial charge in [-0.25, -0.2) is 4.98 Å². The van der Waals surface area contributed by atoms with E-state index in [2.05, 4.69) is 30.1 Å². The summed E-state index contributed by atoms with van der Waals surface area (Å²) in [5.41, 5.74) is 4.36. The molecule has 2 fully saturated rings. The van der Waals surface area contributed by atoms with E-state index in [0.717, 1.165) is 47.8 Å². The van der Waals surface area contributed by atoms with Crippen LogP contribution in [0.25, 0.3) is 0 Å². The van der Waals surface area contributed by atoms with Crippen LogP contribution in [0.15, 0.2) is 41.5 Å². The zero-order valence-electron chi connectivity index (χ0n) is 16.3. The van der Waals surface area contributed by atoms with Gasteiger partial charge in [-0.15, -0.1) is 0 Å². The normalized spacial score (nSPS) is 20.1. The predicted molar refractivity (Wildman–Crippen MR) is 108 cm³/mol. The van der Waals surface area contributed by atoms with E-state index in [0.29, 0.717) is 19.6 Å². The minimum Gasteiger partial charge on any atom is -0.488 e. The molecular formula is C22H24N4O2. The van der Waals surface area contributed by atoms with Gasteiger partial charge in [0.1, 0.15) is 17.2 Å². The van der Waals surface area contributed by atoms with Crippen LogP contribution in [-0.4, -0.2) is 53.8 Å². The van der Waals surface area contributed by atoms with Crippen LogP contribution in [0.1, 0.15) is 36.5 Å². The Morgan fingerprint density at radius 1 is 1.14 bits per heavy atom. The van der Waals surface area contributed by atoms with Crippen molar-refractivity contribution in [1.29, 1.82) is 0 Å². The maximum absolute atomic E-state index is 12.1. The van der Waals surface area contributed by atoms with Gasteiger partial charge in [0.05, 0.1) is 18.8 Å². The number of carbonyl (C=O) groups excluding carboxylic acids is 1. The van der Waals surface area contributed by atoms with E-state index in [9.17, 15) is 4.79 Å². The van der Waals surface area contributed by atoms with Gasteiger partial charge in [0.15, 0.2) is 0 Å². The van der Waals surface area contributed by atoms with Crippen molar-refractivity contribution >= 4 is 17.4 Å². The monoisotopic (exact) mass is 376 g/mol. The number of amides is 1. The summed E-state index contributed by atoms with van der Waals surface area (Å²) in [6.07, 6.45) is 4.03. The Labute approximate surface area is 164 Å². The van der Waals surface area contributed by atoms with Crippen LogP contribution in [0.5, 0.6) is 5.75 Å². The molecule has 1 saturated carbocycles. The fourth-order valence-corrected chi connectivity index (χ4v) is 3.73. The van der Waals surface area contributed by atoms with Gasteiger partial charge in [0.25, 0.3) is 0 Å². The summed E-state index contributed by atoms with van der Waals surface area (Å²) in [4.78, 5) is 25.1. The van der Waals surface area contributed by atoms with Crippen molar-refractivity contribution in [2.45, 2.75) is 31.9 Å². The minimum atomic E-state index is 0.00193. The summed E-state index contributed by atoms with van der Waals surface area (Å²) in [5.74, 6) is 1.86. The number of rotatable bonds is 4. The Hall–Kier alpha value is -2.89. The molecule has 5 rings (SSSR count). The van der Waals surface area contributed by atoms with Gasteiger partial charge in [0, 0.05) is 37.5 Å². The Morgan fingerprint density at radius 2 is 2.00 bits per heavy atom. The fraction of sp³-hybridized carbons (Fsp3) is 0.409. The average molecular weight is 376 g/mol. The molecule has 2 aliphatic heterocycles. The molecule has 144 valence electrons. The molecule has 1 aliphatic carbocycles. The standard InChI is InChI=1S/C22H24N4O2/c1-22(6-7-22)28-17-4-3-16-13-24-21(18(16)12-17)15-5-8-23-19(11-15)26-10-9-25(2)20(27)14-26/h3-5,8,11-12H,6-7,9-10,13-14H2,1-2H3. The molecule has 0 spiro atoms. The maximum Gasteiger partial charge on any atom is 0.241 e. The number of aliphatic imine (C=N–C) groups is 1. The molecule has 0 atom stereocenters. The third-order valence-corrected chi connectivity index (χ3v) is 5.86. The van der Waals surface area contributed by atoms with Crippen LogP contribution in [0.2, 0.25) is 0 Å². The molecule has 0 unspecified atom stereocenters. The summed E-state index contributed by atoms with van der Waals surface area (Å²) >= 11 is 0. The first-order valence-electron chi connectivity index (χ1n) is 9.83. The third-order valence-electron chi connectivity index (χ3n) is 5.86. The van der Waals surface area contributed by atoms with Crippen molar-refractivity contribution < 1.29 is 9.53 Å². The first-order valence-corrected chi connectivity index (χ1v) is 9.83. The molecule has 28 heavy (non-hydrogen) atoms. The second-order valence-electron chi connectivity index (χ2n) is 8.18. The summed E-state index contributed by atoms with van der Waals surface area (Å²) in [5, 5.41) is 0. The largest absolute Gasteiger partial charge is 0.488 e. The molecule has 2 aromatic rings. The van der Waals surface area contributed by atoms with E-state index in [1.807, 2.05) is 24.1 Å². The summed E-state index contributed by atoms with van der Waals surface area (Å²) in [6, 6.07) is 10.3. The minimum absolute atomic E-state index is 0.00193. The van der Waals surface area contributed by atoms with Gasteiger partial charge >= 0.3 is 0 Å². The lowest BCUT2D eigenvalue weighted by atomic mass is 10.0. The number of hydrogen-bond donors (Lipinski definition) is 0. The topological polar surface area (TPSA) is 58.0 Å². The van der Waals surface area contributed by atoms with Crippen LogP contribution in [0.3, 0.4) is 0 Å². The fourth-order valence-electron chi connectivity index (χ4n) is 3.73. The summed E-state index contributed by atoms with van der Waals surface area (Å²) in [7, 11) is 1.84. The lowest BCUT2D eigenvalue weighted by Crippen LogP contribution is -2.48. The lowest BCUT2D eigenvalue weighted by Gasteiger charge is -2.32. The molecule has 3 aliphatic rings. The number of aromatic nitrogens is 1. The molecule has 6 nitrogen and oxygen atoms in total. The van der Waals surface area contributed by atoms with Crippen molar-refractivity contribution in [3.63, 3.8) is 0 Å². The van der Waals surface area contributed by atoms with Crippen LogP contribution in [-0.2, 0) is 11.3 Å². The number of pyridine rings is 1. The highest BCUT2D eigenvalue weighted by molar-refractivity contribution is 6.15. The van der Waals surface area contributed by atoms with Crippen molar-refractivity contribution in [2.75, 3.05) is 31.6 Å². The number of likely N-dealkylation sites (N-methyl/N-ethyl adjacent to an activating group) is 1. The SMILES string of the molecule is CN1CCN(c2cc(C3=NCc4ccc(OC5(C)CC5)cc43)ccn2)CC1=O. The molecule has 0 bridgehead atoms. The smallest absolute Gasteiger partial charge is 0.241 e. The average Bonchev–Trinajstić information content (AvgIpc) is 3.26. The molecule has 1 amide bonds. The number of carbonyl (C=O) groups is 1. The number of nitrogens with zero attached hydrogens (tertiary/aromatic N) is 4. The number of hydrogen-bond acceptors (Lipinski definition) is 5. The second-order valence-corrected chi connectivity index (χ2v) is 8.18. The Bertz CT molecular complexity index is 980. The molecule has 1 saturated heterocycles. The number of ether oxygens (including phenoxy) is 1. The van der Waals surface area contributed by atoms with Gasteiger partial charge in [-0.1, -0.05) is 6.07 Å². The van der Waals surface area contributed by atoms with Crippen LogP contribution in [0.4, 0.5) is 5.82 Å². The molecule has 1 aromatic heterocycles. The molecular weight excluding hydrogens is 352 g/mol. The Morgan fingerprint density at radius 3 is 2.79 bits per heavy atom. The van der Waals surface area contributed by atoms with Crippen LogP contribution in [0, 0.1) is 0 Å². The summed E-state index contributed by atoms with van der Waals surface area (Å²) < 4.78 is 6.15. The van der Waals surface area contributed by atoms with Gasteiger partial charge in [-0.05, 0) is 49.6 Å². The molecule has 0 N–H and O–H groups in total. The van der Waals surface area contributed by atoms with E-state index < -0.39 is 0 Å². The zero-order chi connectivity index (χ0) is 19.3. The van der Waals surface area contributed by atoms with E-state index >= 15 is 0 Å². The zero-order valence-corrected chi connectivity index (χ0v) is 16.3. The van der Waals surface area contributed by atoms with Crippen molar-refractivity contribution in [1.82, 2.24) is 9.88 Å². The van der Waals surface area contributed by atoms with E-state index in [4.69, 9.17) is 9.73 Å². The maximum atomic E-state index is 12.1. The first-order chi connectivity index (χ1) is 13.5. The third kappa shape index (κ3) is 3.13. The van der Waals surface area contributed by atoms with E-state index in [-0.39, 0.29) is 11.5 Å². The van der Waals surface area contributed by atoms with E-state index in [1.54, 1.807) is 11.1 Å². The Balaban J connectivity index is 1.42. The van der Waals surface area contributed by atoms with Gasteiger partial charge in [-0.2, -0.15) is 0 Å². The van der Waals surface area contributed by atoms with Crippen LogP contribution >= 0.6 is 0 Å². The van der Waals surface area contributed by atoms with Crippen molar-refractivity contribution in [3.8, 4) is 5.75 Å². The molecule has 0 radical (unpaired) electrons. The molecule has 3 heterocycles. The number of fused-ring (bicyclic) bond motifs is 1. The highest BCUT2D eigenvalue weighted by atomic mass is 16.5. The first kappa shape index (κ1) is 17.2.